The lowest BCUT2D eigenvalue weighted by Gasteiger charge is -2.31. The van der Waals surface area contributed by atoms with Gasteiger partial charge in [0.1, 0.15) is 0 Å². The minimum atomic E-state index is -0.172. The number of piperidine rings is 1. The van der Waals surface area contributed by atoms with Crippen LogP contribution in [0.3, 0.4) is 0 Å². The van der Waals surface area contributed by atoms with Crippen LogP contribution in [-0.2, 0) is 17.8 Å². The van der Waals surface area contributed by atoms with Crippen LogP contribution >= 0.6 is 12.4 Å². The Balaban J connectivity index is 0.00000225. The predicted molar refractivity (Wildman–Crippen MR) is 99.8 cm³/mol. The third-order valence-electron chi connectivity index (χ3n) is 4.93. The van der Waals surface area contributed by atoms with Crippen LogP contribution in [0.5, 0.6) is 0 Å². The first-order valence-electron chi connectivity index (χ1n) is 8.76. The van der Waals surface area contributed by atoms with E-state index in [1.165, 1.54) is 11.1 Å². The molecule has 7 heteroatoms. The molecule has 3 amide bonds. The third kappa shape index (κ3) is 5.09. The van der Waals surface area contributed by atoms with E-state index in [-0.39, 0.29) is 43.0 Å². The van der Waals surface area contributed by atoms with Crippen molar-refractivity contribution in [3.63, 3.8) is 0 Å². The molecule has 2 aliphatic heterocycles. The Morgan fingerprint density at radius 1 is 1.28 bits per heavy atom. The van der Waals surface area contributed by atoms with Crippen molar-refractivity contribution in [2.75, 3.05) is 19.6 Å². The average Bonchev–Trinajstić information content (AvgIpc) is 2.61. The molecule has 0 saturated carbocycles. The third-order valence-corrected chi connectivity index (χ3v) is 4.93. The van der Waals surface area contributed by atoms with Gasteiger partial charge in [0.15, 0.2) is 0 Å². The van der Waals surface area contributed by atoms with Gasteiger partial charge in [-0.1, -0.05) is 24.3 Å². The number of rotatable bonds is 3. The molecule has 1 aromatic rings. The summed E-state index contributed by atoms with van der Waals surface area (Å²) in [6.07, 6.45) is 2.91. The second-order valence-electron chi connectivity index (χ2n) is 6.66. The first-order chi connectivity index (χ1) is 11.6. The van der Waals surface area contributed by atoms with Gasteiger partial charge in [-0.3, -0.25) is 4.79 Å². The Morgan fingerprint density at radius 2 is 2.04 bits per heavy atom. The quantitative estimate of drug-likeness (QED) is 0.757. The highest BCUT2D eigenvalue weighted by molar-refractivity contribution is 5.85. The molecule has 0 aliphatic carbocycles. The Bertz CT molecular complexity index is 610. The van der Waals surface area contributed by atoms with Crippen LogP contribution < -0.4 is 16.0 Å². The number of carbonyl (C=O) groups excluding carboxylic acids is 2. The highest BCUT2D eigenvalue weighted by Crippen LogP contribution is 2.18. The van der Waals surface area contributed by atoms with Crippen LogP contribution in [0, 0.1) is 0 Å². The first-order valence-corrected chi connectivity index (χ1v) is 8.76. The molecule has 2 unspecified atom stereocenters. The summed E-state index contributed by atoms with van der Waals surface area (Å²) in [5.41, 5.74) is 2.49. The maximum absolute atomic E-state index is 12.3. The summed E-state index contributed by atoms with van der Waals surface area (Å²) < 4.78 is 0. The molecule has 2 aliphatic rings. The van der Waals surface area contributed by atoms with Crippen LogP contribution in [0.4, 0.5) is 4.79 Å². The number of amides is 3. The summed E-state index contributed by atoms with van der Waals surface area (Å²) in [5, 5.41) is 9.10. The van der Waals surface area contributed by atoms with Gasteiger partial charge in [-0.15, -0.1) is 12.4 Å². The standard InChI is InChI=1S/C18H26N4O2.ClH/c1-13-16(7-4-9-19-13)21-17(23)11-20-18(24)22-10-8-14-5-2-3-6-15(14)12-22;/h2-3,5-6,13,16,19H,4,7-12H2,1H3,(H,20,24)(H,21,23);1H. The number of nitrogens with one attached hydrogen (secondary N) is 3. The van der Waals surface area contributed by atoms with Crippen molar-refractivity contribution in [3.8, 4) is 0 Å². The van der Waals surface area contributed by atoms with E-state index >= 15 is 0 Å². The van der Waals surface area contributed by atoms with Gasteiger partial charge in [-0.25, -0.2) is 4.79 Å². The molecule has 0 bridgehead atoms. The van der Waals surface area contributed by atoms with Crippen molar-refractivity contribution < 1.29 is 9.59 Å². The van der Waals surface area contributed by atoms with Gasteiger partial charge < -0.3 is 20.9 Å². The fourth-order valence-corrected chi connectivity index (χ4v) is 3.44. The van der Waals surface area contributed by atoms with Gasteiger partial charge in [0, 0.05) is 25.2 Å². The van der Waals surface area contributed by atoms with E-state index in [1.54, 1.807) is 4.90 Å². The molecule has 2 atom stereocenters. The lowest BCUT2D eigenvalue weighted by molar-refractivity contribution is -0.121. The Morgan fingerprint density at radius 3 is 2.80 bits per heavy atom. The normalized spacial score (nSPS) is 22.4. The van der Waals surface area contributed by atoms with Gasteiger partial charge in [0.2, 0.25) is 5.91 Å². The van der Waals surface area contributed by atoms with Gasteiger partial charge in [-0.05, 0) is 43.9 Å². The van der Waals surface area contributed by atoms with Crippen LogP contribution in [0.15, 0.2) is 24.3 Å². The van der Waals surface area contributed by atoms with Crippen LogP contribution in [-0.4, -0.2) is 48.6 Å². The van der Waals surface area contributed by atoms with E-state index in [1.807, 2.05) is 12.1 Å². The Labute approximate surface area is 155 Å². The monoisotopic (exact) mass is 366 g/mol. The fraction of sp³-hybridized carbons (Fsp3) is 0.556. The van der Waals surface area contributed by atoms with Gasteiger partial charge in [0.05, 0.1) is 6.54 Å². The summed E-state index contributed by atoms with van der Waals surface area (Å²) in [5.74, 6) is -0.124. The largest absolute Gasteiger partial charge is 0.350 e. The zero-order valence-electron chi connectivity index (χ0n) is 14.6. The van der Waals surface area contributed by atoms with Gasteiger partial charge in [0.25, 0.3) is 0 Å². The SMILES string of the molecule is CC1NCCCC1NC(=O)CNC(=O)N1CCc2ccccc2C1.Cl. The molecule has 138 valence electrons. The van der Waals surface area contributed by atoms with E-state index in [2.05, 4.69) is 35.0 Å². The molecule has 2 heterocycles. The minimum absolute atomic E-state index is 0. The molecule has 3 rings (SSSR count). The van der Waals surface area contributed by atoms with E-state index in [4.69, 9.17) is 0 Å². The van der Waals surface area contributed by atoms with Gasteiger partial charge >= 0.3 is 6.03 Å². The molecule has 1 fully saturated rings. The number of benzene rings is 1. The number of hydrogen-bond donors (Lipinski definition) is 3. The summed E-state index contributed by atoms with van der Waals surface area (Å²) in [4.78, 5) is 26.1. The molecule has 0 aromatic heterocycles. The van der Waals surface area contributed by atoms with Crippen LogP contribution in [0.25, 0.3) is 0 Å². The highest BCUT2D eigenvalue weighted by Gasteiger charge is 2.24. The number of urea groups is 1. The molecule has 3 N–H and O–H groups in total. The Hall–Kier alpha value is -1.79. The molecule has 25 heavy (non-hydrogen) atoms. The second-order valence-corrected chi connectivity index (χ2v) is 6.66. The smallest absolute Gasteiger partial charge is 0.318 e. The predicted octanol–water partition coefficient (Wildman–Crippen LogP) is 1.43. The summed E-state index contributed by atoms with van der Waals surface area (Å²) in [6.45, 7) is 4.40. The summed E-state index contributed by atoms with van der Waals surface area (Å²) in [7, 11) is 0. The van der Waals surface area contributed by atoms with Crippen molar-refractivity contribution in [1.29, 1.82) is 0 Å². The summed E-state index contributed by atoms with van der Waals surface area (Å²) in [6, 6.07) is 8.43. The maximum Gasteiger partial charge on any atom is 0.318 e. The maximum atomic E-state index is 12.3. The molecular formula is C18H27ClN4O2. The highest BCUT2D eigenvalue weighted by atomic mass is 35.5. The fourth-order valence-electron chi connectivity index (χ4n) is 3.44. The molecule has 6 nitrogen and oxygen atoms in total. The summed E-state index contributed by atoms with van der Waals surface area (Å²) >= 11 is 0. The first kappa shape index (κ1) is 19.5. The number of hydrogen-bond acceptors (Lipinski definition) is 3. The number of nitrogens with zero attached hydrogens (tertiary/aromatic N) is 1. The van der Waals surface area contributed by atoms with Crippen LogP contribution in [0.1, 0.15) is 30.9 Å². The number of halogens is 1. The molecule has 0 spiro atoms. The molecule has 0 radical (unpaired) electrons. The minimum Gasteiger partial charge on any atom is -0.350 e. The van der Waals surface area contributed by atoms with E-state index < -0.39 is 0 Å². The van der Waals surface area contributed by atoms with Crippen molar-refractivity contribution in [2.45, 2.75) is 44.8 Å². The lowest BCUT2D eigenvalue weighted by Crippen LogP contribution is -2.54. The number of carbonyl (C=O) groups is 2. The topological polar surface area (TPSA) is 73.5 Å². The van der Waals surface area contributed by atoms with E-state index in [9.17, 15) is 9.59 Å². The van der Waals surface area contributed by atoms with Crippen molar-refractivity contribution in [3.05, 3.63) is 35.4 Å². The number of fused-ring (bicyclic) bond motifs is 1. The Kier molecular flexibility index (Phi) is 7.08. The average molecular weight is 367 g/mol. The molecule has 1 saturated heterocycles. The van der Waals surface area contributed by atoms with E-state index in [0.29, 0.717) is 13.1 Å². The zero-order chi connectivity index (χ0) is 16.9. The zero-order valence-corrected chi connectivity index (χ0v) is 15.4. The van der Waals surface area contributed by atoms with Crippen molar-refractivity contribution in [1.82, 2.24) is 20.9 Å². The second kappa shape index (κ2) is 9.06. The lowest BCUT2D eigenvalue weighted by atomic mass is 10.00. The van der Waals surface area contributed by atoms with Gasteiger partial charge in [-0.2, -0.15) is 0 Å². The van der Waals surface area contributed by atoms with Crippen LogP contribution in [0.2, 0.25) is 0 Å². The van der Waals surface area contributed by atoms with E-state index in [0.717, 1.165) is 25.8 Å². The molecule has 1 aromatic carbocycles. The van der Waals surface area contributed by atoms with Crippen molar-refractivity contribution >= 4 is 24.3 Å². The van der Waals surface area contributed by atoms with Crippen molar-refractivity contribution in [2.24, 2.45) is 0 Å². The molecular weight excluding hydrogens is 340 g/mol.